The van der Waals surface area contributed by atoms with Crippen LogP contribution >= 0.6 is 0 Å². The Morgan fingerprint density at radius 3 is 2.65 bits per heavy atom. The summed E-state index contributed by atoms with van der Waals surface area (Å²) in [7, 11) is 0. The molecule has 0 saturated heterocycles. The van der Waals surface area contributed by atoms with Crippen molar-refractivity contribution in [2.24, 2.45) is 5.73 Å². The number of aromatic nitrogens is 2. The first-order chi connectivity index (χ1) is 11.0. The zero-order valence-corrected chi connectivity index (χ0v) is 14.1. The highest BCUT2D eigenvalue weighted by Gasteiger charge is 2.42. The molecule has 0 bridgehead atoms. The van der Waals surface area contributed by atoms with E-state index in [1.54, 1.807) is 0 Å². The second-order valence-electron chi connectivity index (χ2n) is 7.52. The summed E-state index contributed by atoms with van der Waals surface area (Å²) in [5, 5.41) is 0.730. The van der Waals surface area contributed by atoms with Crippen LogP contribution in [0.1, 0.15) is 68.4 Å². The highest BCUT2D eigenvalue weighted by molar-refractivity contribution is 5.82. The van der Waals surface area contributed by atoms with Gasteiger partial charge in [-0.25, -0.2) is 4.98 Å². The second-order valence-corrected chi connectivity index (χ2v) is 7.52. The Morgan fingerprint density at radius 1 is 1.22 bits per heavy atom. The first-order valence-corrected chi connectivity index (χ1v) is 8.83. The summed E-state index contributed by atoms with van der Waals surface area (Å²) < 4.78 is 1.94. The molecule has 2 aliphatic rings. The standard InChI is InChI=1S/C19H25N3O/c1-12-10-14(13(2)20)16-15(11-12)17(23)22-9-8-19(18(22)21-16)6-4-3-5-7-19/h10-11,13H,3-9,20H2,1-2H3/t13-/m1/s1. The maximum absolute atomic E-state index is 13.1. The average molecular weight is 311 g/mol. The molecular weight excluding hydrogens is 286 g/mol. The highest BCUT2D eigenvalue weighted by atomic mass is 16.1. The molecule has 4 heteroatoms. The average Bonchev–Trinajstić information content (AvgIpc) is 2.87. The van der Waals surface area contributed by atoms with Gasteiger partial charge < -0.3 is 5.73 Å². The fourth-order valence-electron chi connectivity index (χ4n) is 4.60. The van der Waals surface area contributed by atoms with Crippen LogP contribution in [0.25, 0.3) is 10.9 Å². The van der Waals surface area contributed by atoms with E-state index >= 15 is 0 Å². The van der Waals surface area contributed by atoms with Crippen LogP contribution in [0.4, 0.5) is 0 Å². The number of benzene rings is 1. The van der Waals surface area contributed by atoms with E-state index < -0.39 is 0 Å². The van der Waals surface area contributed by atoms with E-state index in [0.29, 0.717) is 0 Å². The Labute approximate surface area is 136 Å². The van der Waals surface area contributed by atoms with Gasteiger partial charge in [0, 0.05) is 18.0 Å². The lowest BCUT2D eigenvalue weighted by Gasteiger charge is -2.32. The molecule has 0 unspecified atom stereocenters. The van der Waals surface area contributed by atoms with E-state index in [4.69, 9.17) is 10.7 Å². The molecule has 4 nitrogen and oxygen atoms in total. The lowest BCUT2D eigenvalue weighted by Crippen LogP contribution is -2.31. The van der Waals surface area contributed by atoms with Crippen molar-refractivity contribution < 1.29 is 0 Å². The predicted octanol–water partition coefficient (Wildman–Crippen LogP) is 3.33. The molecule has 4 rings (SSSR count). The lowest BCUT2D eigenvalue weighted by molar-refractivity contribution is 0.286. The number of aryl methyl sites for hydroxylation is 1. The summed E-state index contributed by atoms with van der Waals surface area (Å²) in [6, 6.07) is 3.94. The van der Waals surface area contributed by atoms with Crippen molar-refractivity contribution >= 4 is 10.9 Å². The van der Waals surface area contributed by atoms with Crippen LogP contribution in [-0.2, 0) is 12.0 Å². The summed E-state index contributed by atoms with van der Waals surface area (Å²) in [5.74, 6) is 1.03. The Morgan fingerprint density at radius 2 is 1.96 bits per heavy atom. The SMILES string of the molecule is Cc1cc([C@@H](C)N)c2nc3n(c(=O)c2c1)CCC31CCCCC1. The fraction of sp³-hybridized carbons (Fsp3) is 0.579. The predicted molar refractivity (Wildman–Crippen MR) is 92.7 cm³/mol. The molecule has 1 saturated carbocycles. The zero-order valence-electron chi connectivity index (χ0n) is 14.1. The van der Waals surface area contributed by atoms with Crippen LogP contribution in [0.2, 0.25) is 0 Å². The van der Waals surface area contributed by atoms with Crippen molar-refractivity contribution in [3.05, 3.63) is 39.4 Å². The summed E-state index contributed by atoms with van der Waals surface area (Å²) >= 11 is 0. The molecule has 2 heterocycles. The third-order valence-electron chi connectivity index (χ3n) is 5.82. The van der Waals surface area contributed by atoms with Gasteiger partial charge in [-0.3, -0.25) is 9.36 Å². The number of rotatable bonds is 1. The van der Waals surface area contributed by atoms with Gasteiger partial charge in [-0.1, -0.05) is 25.3 Å². The molecule has 0 radical (unpaired) electrons. The smallest absolute Gasteiger partial charge is 0.261 e. The van der Waals surface area contributed by atoms with Gasteiger partial charge in [0.25, 0.3) is 5.56 Å². The van der Waals surface area contributed by atoms with Crippen molar-refractivity contribution in [1.82, 2.24) is 9.55 Å². The molecule has 1 spiro atoms. The van der Waals surface area contributed by atoms with E-state index in [9.17, 15) is 4.79 Å². The zero-order chi connectivity index (χ0) is 16.2. The minimum Gasteiger partial charge on any atom is -0.324 e. The van der Waals surface area contributed by atoms with Crippen molar-refractivity contribution in [3.8, 4) is 0 Å². The number of hydrogen-bond acceptors (Lipinski definition) is 3. The van der Waals surface area contributed by atoms with Crippen LogP contribution in [0.15, 0.2) is 16.9 Å². The first kappa shape index (κ1) is 14.9. The third-order valence-corrected chi connectivity index (χ3v) is 5.82. The van der Waals surface area contributed by atoms with Crippen LogP contribution < -0.4 is 11.3 Å². The monoisotopic (exact) mass is 311 g/mol. The van der Waals surface area contributed by atoms with Crippen LogP contribution in [-0.4, -0.2) is 9.55 Å². The number of fused-ring (bicyclic) bond motifs is 3. The van der Waals surface area contributed by atoms with E-state index in [1.165, 1.54) is 32.1 Å². The third kappa shape index (κ3) is 2.15. The number of nitrogens with two attached hydrogens (primary N) is 1. The molecule has 0 amide bonds. The van der Waals surface area contributed by atoms with E-state index in [0.717, 1.165) is 40.8 Å². The van der Waals surface area contributed by atoms with Crippen LogP contribution in [0.5, 0.6) is 0 Å². The lowest BCUT2D eigenvalue weighted by atomic mass is 9.72. The highest BCUT2D eigenvalue weighted by Crippen LogP contribution is 2.45. The van der Waals surface area contributed by atoms with Crippen LogP contribution in [0.3, 0.4) is 0 Å². The maximum Gasteiger partial charge on any atom is 0.261 e. The summed E-state index contributed by atoms with van der Waals surface area (Å²) in [5.41, 5.74) is 9.32. The summed E-state index contributed by atoms with van der Waals surface area (Å²) in [6.45, 7) is 4.81. The quantitative estimate of drug-likeness (QED) is 0.878. The van der Waals surface area contributed by atoms with Crippen molar-refractivity contribution in [2.75, 3.05) is 0 Å². The molecule has 1 aliphatic carbocycles. The van der Waals surface area contributed by atoms with Gasteiger partial charge >= 0.3 is 0 Å². The number of nitrogens with zero attached hydrogens (tertiary/aromatic N) is 2. The summed E-state index contributed by atoms with van der Waals surface area (Å²) in [4.78, 5) is 18.1. The normalized spacial score (nSPS) is 20.8. The minimum atomic E-state index is -0.115. The topological polar surface area (TPSA) is 60.9 Å². The molecule has 1 atom stereocenters. The minimum absolute atomic E-state index is 0.115. The second kappa shape index (κ2) is 5.17. The molecule has 1 aliphatic heterocycles. The Hall–Kier alpha value is -1.68. The maximum atomic E-state index is 13.1. The number of hydrogen-bond donors (Lipinski definition) is 1. The first-order valence-electron chi connectivity index (χ1n) is 8.83. The molecule has 2 aromatic rings. The Balaban J connectivity index is 2.03. The van der Waals surface area contributed by atoms with E-state index in [2.05, 4.69) is 6.07 Å². The van der Waals surface area contributed by atoms with Crippen molar-refractivity contribution in [2.45, 2.75) is 70.4 Å². The van der Waals surface area contributed by atoms with Crippen molar-refractivity contribution in [3.63, 3.8) is 0 Å². The molecule has 2 N–H and O–H groups in total. The van der Waals surface area contributed by atoms with Gasteiger partial charge in [-0.15, -0.1) is 0 Å². The van der Waals surface area contributed by atoms with Gasteiger partial charge in [-0.2, -0.15) is 0 Å². The fourth-order valence-corrected chi connectivity index (χ4v) is 4.60. The van der Waals surface area contributed by atoms with E-state index in [-0.39, 0.29) is 17.0 Å². The van der Waals surface area contributed by atoms with Gasteiger partial charge in [-0.05, 0) is 50.3 Å². The molecule has 1 aromatic carbocycles. The van der Waals surface area contributed by atoms with Gasteiger partial charge in [0.2, 0.25) is 0 Å². The molecule has 1 aromatic heterocycles. The molecule has 122 valence electrons. The van der Waals surface area contributed by atoms with E-state index in [1.807, 2.05) is 24.5 Å². The van der Waals surface area contributed by atoms with Crippen molar-refractivity contribution in [1.29, 1.82) is 0 Å². The Bertz CT molecular complexity index is 829. The Kier molecular flexibility index (Phi) is 3.34. The molecule has 23 heavy (non-hydrogen) atoms. The van der Waals surface area contributed by atoms with Gasteiger partial charge in [0.1, 0.15) is 5.82 Å². The van der Waals surface area contributed by atoms with Gasteiger partial charge in [0.15, 0.2) is 0 Å². The summed E-state index contributed by atoms with van der Waals surface area (Å²) in [6.07, 6.45) is 7.22. The molecular formula is C19H25N3O. The van der Waals surface area contributed by atoms with Gasteiger partial charge in [0.05, 0.1) is 10.9 Å². The van der Waals surface area contributed by atoms with Crippen LogP contribution in [0, 0.1) is 6.92 Å². The largest absolute Gasteiger partial charge is 0.324 e. The molecule has 1 fully saturated rings.